The molecule has 5 nitrogen and oxygen atoms in total. The lowest BCUT2D eigenvalue weighted by atomic mass is 10.1. The molecule has 7 heteroatoms. The first-order valence-corrected chi connectivity index (χ1v) is 10.2. The number of pyridine rings is 1. The van der Waals surface area contributed by atoms with Gasteiger partial charge in [0.25, 0.3) is 5.91 Å². The second-order valence-corrected chi connectivity index (χ2v) is 7.65. The number of carbonyl (C=O) groups is 1. The summed E-state index contributed by atoms with van der Waals surface area (Å²) in [7, 11) is 0. The van der Waals surface area contributed by atoms with Crippen LogP contribution in [0.25, 0.3) is 21.0 Å². The number of amides is 1. The molecule has 142 valence electrons. The number of nitrogens with zero attached hydrogens (tertiary/aromatic N) is 1. The molecular formula is C21H19ClN4OS. The number of hydrogen-bond acceptors (Lipinski definition) is 5. The Kier molecular flexibility index (Phi) is 5.43. The smallest absolute Gasteiger partial charge is 0.253 e. The summed E-state index contributed by atoms with van der Waals surface area (Å²) in [5.74, 6) is 0.533. The molecule has 0 unspecified atom stereocenters. The van der Waals surface area contributed by atoms with Gasteiger partial charge in [-0.05, 0) is 42.6 Å². The fraction of sp³-hybridized carbons (Fsp3) is 0.143. The molecule has 0 aliphatic heterocycles. The Morgan fingerprint density at radius 1 is 1.11 bits per heavy atom. The van der Waals surface area contributed by atoms with E-state index in [2.05, 4.69) is 10.6 Å². The van der Waals surface area contributed by atoms with Gasteiger partial charge in [-0.3, -0.25) is 4.79 Å². The zero-order valence-electron chi connectivity index (χ0n) is 15.0. The second-order valence-electron chi connectivity index (χ2n) is 6.33. The monoisotopic (exact) mass is 410 g/mol. The first-order chi connectivity index (χ1) is 13.7. The van der Waals surface area contributed by atoms with Crippen molar-refractivity contribution in [3.05, 3.63) is 64.5 Å². The van der Waals surface area contributed by atoms with Crippen LogP contribution in [-0.4, -0.2) is 24.0 Å². The predicted molar refractivity (Wildman–Crippen MR) is 118 cm³/mol. The van der Waals surface area contributed by atoms with Crippen molar-refractivity contribution in [3.8, 4) is 0 Å². The first kappa shape index (κ1) is 18.7. The molecule has 4 aromatic rings. The third kappa shape index (κ3) is 3.54. The van der Waals surface area contributed by atoms with E-state index in [1.807, 2.05) is 47.8 Å². The van der Waals surface area contributed by atoms with Crippen LogP contribution in [0.15, 0.2) is 53.9 Å². The molecule has 0 bridgehead atoms. The number of benzene rings is 2. The number of para-hydroxylation sites is 2. The molecule has 1 amide bonds. The molecular weight excluding hydrogens is 392 g/mol. The van der Waals surface area contributed by atoms with Crippen molar-refractivity contribution in [1.82, 2.24) is 10.3 Å². The Morgan fingerprint density at radius 3 is 2.79 bits per heavy atom. The lowest BCUT2D eigenvalue weighted by Crippen LogP contribution is -2.26. The summed E-state index contributed by atoms with van der Waals surface area (Å²) < 4.78 is 1.08. The summed E-state index contributed by atoms with van der Waals surface area (Å²) in [6, 6.07) is 15.2. The molecule has 2 aromatic carbocycles. The number of fused-ring (bicyclic) bond motifs is 3. The molecule has 0 saturated heterocycles. The zero-order valence-corrected chi connectivity index (χ0v) is 16.6. The molecule has 2 heterocycles. The van der Waals surface area contributed by atoms with Crippen LogP contribution in [0.5, 0.6) is 0 Å². The number of carbonyl (C=O) groups excluding carboxylic acids is 1. The van der Waals surface area contributed by atoms with Crippen molar-refractivity contribution >= 4 is 61.3 Å². The second kappa shape index (κ2) is 8.14. The zero-order chi connectivity index (χ0) is 19.5. The fourth-order valence-corrected chi connectivity index (χ4v) is 4.20. The van der Waals surface area contributed by atoms with Gasteiger partial charge in [-0.1, -0.05) is 35.9 Å². The third-order valence-electron chi connectivity index (χ3n) is 4.46. The van der Waals surface area contributed by atoms with Crippen molar-refractivity contribution in [2.75, 3.05) is 18.4 Å². The third-order valence-corrected chi connectivity index (χ3v) is 5.74. The van der Waals surface area contributed by atoms with Gasteiger partial charge in [-0.25, -0.2) is 4.98 Å². The van der Waals surface area contributed by atoms with Crippen molar-refractivity contribution < 1.29 is 4.79 Å². The summed E-state index contributed by atoms with van der Waals surface area (Å²) >= 11 is 7.93. The predicted octanol–water partition coefficient (Wildman–Crippen LogP) is 4.93. The Balaban J connectivity index is 1.83. The van der Waals surface area contributed by atoms with E-state index in [1.54, 1.807) is 17.4 Å². The van der Waals surface area contributed by atoms with Crippen LogP contribution in [0.1, 0.15) is 16.8 Å². The number of nitrogens with one attached hydrogen (secondary N) is 2. The van der Waals surface area contributed by atoms with Crippen molar-refractivity contribution in [1.29, 1.82) is 0 Å². The molecule has 0 aliphatic carbocycles. The number of nitrogens with two attached hydrogens (primary N) is 1. The summed E-state index contributed by atoms with van der Waals surface area (Å²) in [5.41, 5.74) is 7.50. The van der Waals surface area contributed by atoms with E-state index >= 15 is 0 Å². The largest absolute Gasteiger partial charge is 0.352 e. The van der Waals surface area contributed by atoms with Gasteiger partial charge in [0.15, 0.2) is 0 Å². The van der Waals surface area contributed by atoms with Gasteiger partial charge in [0.05, 0.1) is 21.8 Å². The minimum absolute atomic E-state index is 0.147. The van der Waals surface area contributed by atoms with Crippen LogP contribution in [0.3, 0.4) is 0 Å². The van der Waals surface area contributed by atoms with E-state index in [1.165, 1.54) is 0 Å². The minimum atomic E-state index is -0.147. The lowest BCUT2D eigenvalue weighted by molar-refractivity contribution is 0.0955. The van der Waals surface area contributed by atoms with Gasteiger partial charge in [0.2, 0.25) is 0 Å². The summed E-state index contributed by atoms with van der Waals surface area (Å²) in [6.07, 6.45) is 0.735. The van der Waals surface area contributed by atoms with E-state index in [4.69, 9.17) is 22.3 Å². The topological polar surface area (TPSA) is 80.0 Å². The lowest BCUT2D eigenvalue weighted by Gasteiger charge is -2.13. The van der Waals surface area contributed by atoms with Crippen molar-refractivity contribution in [2.45, 2.75) is 6.42 Å². The maximum absolute atomic E-state index is 12.7. The van der Waals surface area contributed by atoms with Gasteiger partial charge < -0.3 is 16.4 Å². The first-order valence-electron chi connectivity index (χ1n) is 8.99. The normalized spacial score (nSPS) is 11.1. The summed E-state index contributed by atoms with van der Waals surface area (Å²) in [4.78, 5) is 17.5. The average Bonchev–Trinajstić information content (AvgIpc) is 3.20. The van der Waals surface area contributed by atoms with E-state index in [0.29, 0.717) is 35.0 Å². The molecule has 4 N–H and O–H groups in total. The highest BCUT2D eigenvalue weighted by Gasteiger charge is 2.16. The van der Waals surface area contributed by atoms with E-state index in [0.717, 1.165) is 27.6 Å². The molecule has 0 atom stereocenters. The summed E-state index contributed by atoms with van der Waals surface area (Å²) in [6.45, 7) is 1.08. The van der Waals surface area contributed by atoms with Gasteiger partial charge in [0.1, 0.15) is 5.82 Å². The number of rotatable bonds is 6. The van der Waals surface area contributed by atoms with Gasteiger partial charge in [-0.2, -0.15) is 0 Å². The van der Waals surface area contributed by atoms with E-state index in [-0.39, 0.29) is 5.91 Å². The molecule has 28 heavy (non-hydrogen) atoms. The van der Waals surface area contributed by atoms with Crippen LogP contribution >= 0.6 is 22.9 Å². The van der Waals surface area contributed by atoms with E-state index < -0.39 is 0 Å². The molecule has 0 saturated carbocycles. The van der Waals surface area contributed by atoms with Gasteiger partial charge in [-0.15, -0.1) is 11.3 Å². The Hall–Kier alpha value is -2.67. The van der Waals surface area contributed by atoms with Crippen LogP contribution in [0.2, 0.25) is 5.02 Å². The molecule has 0 spiro atoms. The highest BCUT2D eigenvalue weighted by molar-refractivity contribution is 7.18. The van der Waals surface area contributed by atoms with Crippen LogP contribution < -0.4 is 16.4 Å². The van der Waals surface area contributed by atoms with Crippen molar-refractivity contribution in [2.24, 2.45) is 5.73 Å². The number of halogens is 1. The molecule has 4 rings (SSSR count). The maximum atomic E-state index is 12.7. The molecule has 2 aromatic heterocycles. The molecule has 0 fully saturated rings. The highest BCUT2D eigenvalue weighted by Crippen LogP contribution is 2.36. The van der Waals surface area contributed by atoms with E-state index in [9.17, 15) is 4.79 Å². The average molecular weight is 411 g/mol. The van der Waals surface area contributed by atoms with Crippen LogP contribution in [0, 0.1) is 0 Å². The Labute approximate surface area is 171 Å². The fourth-order valence-electron chi connectivity index (χ4n) is 3.09. The Morgan fingerprint density at radius 2 is 1.96 bits per heavy atom. The van der Waals surface area contributed by atoms with Crippen LogP contribution in [-0.2, 0) is 0 Å². The van der Waals surface area contributed by atoms with Crippen molar-refractivity contribution in [3.63, 3.8) is 0 Å². The van der Waals surface area contributed by atoms with Gasteiger partial charge in [0, 0.05) is 22.0 Å². The maximum Gasteiger partial charge on any atom is 0.253 e. The summed E-state index contributed by atoms with van der Waals surface area (Å²) in [5, 5.41) is 10.8. The SMILES string of the molecule is NCCCNC(=O)c1cccc2c1nc(Nc1ccccc1Cl)c1ccsc12. The number of anilines is 2. The van der Waals surface area contributed by atoms with Crippen LogP contribution in [0.4, 0.5) is 11.5 Å². The standard InChI is InChI=1S/C21H19ClN4OS/c22-16-7-1-2-8-17(16)25-20-15-9-12-28-19(15)13-5-3-6-14(18(13)26-20)21(27)24-11-4-10-23/h1-3,5-9,12H,4,10-11,23H2,(H,24,27)(H,25,26). The van der Waals surface area contributed by atoms with Gasteiger partial charge >= 0.3 is 0 Å². The quantitative estimate of drug-likeness (QED) is 0.394. The minimum Gasteiger partial charge on any atom is -0.352 e. The number of thiophene rings is 1. The Bertz CT molecular complexity index is 1160. The molecule has 0 aliphatic rings. The number of aromatic nitrogens is 1. The molecule has 0 radical (unpaired) electrons. The highest BCUT2D eigenvalue weighted by atomic mass is 35.5. The number of hydrogen-bond donors (Lipinski definition) is 3.